The lowest BCUT2D eigenvalue weighted by atomic mass is 10.1. The van der Waals surface area contributed by atoms with Crippen molar-refractivity contribution in [3.63, 3.8) is 0 Å². The van der Waals surface area contributed by atoms with Crippen molar-refractivity contribution in [2.24, 2.45) is 0 Å². The number of hydrogen-bond acceptors (Lipinski definition) is 5. The summed E-state index contributed by atoms with van der Waals surface area (Å²) in [7, 11) is 0. The van der Waals surface area contributed by atoms with Crippen LogP contribution in [0.2, 0.25) is 0 Å². The average molecular weight is 307 g/mol. The van der Waals surface area contributed by atoms with Crippen molar-refractivity contribution in [3.05, 3.63) is 27.7 Å². The molecule has 0 aliphatic carbocycles. The number of carbonyl (C=O) groups excluding carboxylic acids is 1. The van der Waals surface area contributed by atoms with Crippen LogP contribution >= 0.6 is 11.3 Å². The minimum absolute atomic E-state index is 0.186. The lowest BCUT2D eigenvalue weighted by Gasteiger charge is -2.05. The second kappa shape index (κ2) is 6.39. The van der Waals surface area contributed by atoms with Gasteiger partial charge in [-0.1, -0.05) is 25.2 Å². The van der Waals surface area contributed by atoms with Gasteiger partial charge in [-0.15, -0.1) is 10.2 Å². The summed E-state index contributed by atoms with van der Waals surface area (Å²) in [5.74, 6) is 1.63. The molecule has 1 N–H and O–H groups in total. The van der Waals surface area contributed by atoms with Crippen LogP contribution in [0, 0.1) is 20.8 Å². The van der Waals surface area contributed by atoms with Crippen LogP contribution in [-0.4, -0.2) is 16.1 Å². The predicted molar refractivity (Wildman–Crippen MR) is 84.1 cm³/mol. The summed E-state index contributed by atoms with van der Waals surface area (Å²) in [5, 5.41) is 12.6. The molecular formula is C15H21N3O2S. The van der Waals surface area contributed by atoms with Gasteiger partial charge in [0.25, 0.3) is 5.91 Å². The average Bonchev–Trinajstić information content (AvgIpc) is 2.97. The van der Waals surface area contributed by atoms with Gasteiger partial charge in [-0.3, -0.25) is 10.1 Å². The Hall–Kier alpha value is -1.69. The quantitative estimate of drug-likeness (QED) is 0.898. The van der Waals surface area contributed by atoms with Gasteiger partial charge in [-0.25, -0.2) is 0 Å². The summed E-state index contributed by atoms with van der Waals surface area (Å²) in [4.78, 5) is 12.4. The van der Waals surface area contributed by atoms with Crippen molar-refractivity contribution < 1.29 is 9.21 Å². The molecule has 0 bridgehead atoms. The first-order valence-corrected chi connectivity index (χ1v) is 8.00. The lowest BCUT2D eigenvalue weighted by molar-refractivity contribution is 0.102. The first-order chi connectivity index (χ1) is 9.97. The maximum atomic E-state index is 12.4. The molecule has 21 heavy (non-hydrogen) atoms. The van der Waals surface area contributed by atoms with Crippen molar-refractivity contribution in [2.75, 3.05) is 5.32 Å². The first-order valence-electron chi connectivity index (χ1n) is 7.19. The standard InChI is InChI=1S/C15H21N3O2S/c1-6-11(7-2)14-17-18-15(21-14)16-13(19)12-8(3)9(4)20-10(12)5/h11H,6-7H2,1-5H3,(H,16,18,19). The first kappa shape index (κ1) is 15.7. The molecule has 6 heteroatoms. The number of aromatic nitrogens is 2. The number of amides is 1. The summed E-state index contributed by atoms with van der Waals surface area (Å²) in [6.07, 6.45) is 2.05. The molecule has 0 fully saturated rings. The molecule has 2 heterocycles. The van der Waals surface area contributed by atoms with Crippen LogP contribution in [0.5, 0.6) is 0 Å². The molecule has 2 aromatic heterocycles. The van der Waals surface area contributed by atoms with Crippen molar-refractivity contribution in [1.29, 1.82) is 0 Å². The summed E-state index contributed by atoms with van der Waals surface area (Å²) in [6, 6.07) is 0. The van der Waals surface area contributed by atoms with Gasteiger partial charge in [0.1, 0.15) is 16.5 Å². The van der Waals surface area contributed by atoms with Gasteiger partial charge in [0, 0.05) is 11.5 Å². The number of furan rings is 1. The van der Waals surface area contributed by atoms with Gasteiger partial charge in [0.05, 0.1) is 5.56 Å². The van der Waals surface area contributed by atoms with Gasteiger partial charge < -0.3 is 4.42 Å². The largest absolute Gasteiger partial charge is 0.466 e. The number of anilines is 1. The Labute approximate surface area is 128 Å². The van der Waals surface area contributed by atoms with Crippen molar-refractivity contribution in [1.82, 2.24) is 10.2 Å². The Kier molecular flexibility index (Phi) is 4.77. The summed E-state index contributed by atoms with van der Waals surface area (Å²) < 4.78 is 5.49. The van der Waals surface area contributed by atoms with Gasteiger partial charge in [-0.2, -0.15) is 0 Å². The van der Waals surface area contributed by atoms with Crippen molar-refractivity contribution in [3.8, 4) is 0 Å². The topological polar surface area (TPSA) is 68.0 Å². The smallest absolute Gasteiger partial charge is 0.261 e. The second-order valence-corrected chi connectivity index (χ2v) is 6.14. The van der Waals surface area contributed by atoms with E-state index < -0.39 is 0 Å². The lowest BCUT2D eigenvalue weighted by Crippen LogP contribution is -2.13. The van der Waals surface area contributed by atoms with Crippen LogP contribution in [0.1, 0.15) is 65.1 Å². The maximum absolute atomic E-state index is 12.4. The summed E-state index contributed by atoms with van der Waals surface area (Å²) in [6.45, 7) is 9.81. The number of nitrogens with zero attached hydrogens (tertiary/aromatic N) is 2. The van der Waals surface area contributed by atoms with Crippen LogP contribution in [0.25, 0.3) is 0 Å². The highest BCUT2D eigenvalue weighted by atomic mass is 32.1. The van der Waals surface area contributed by atoms with Gasteiger partial charge in [-0.05, 0) is 33.6 Å². The van der Waals surface area contributed by atoms with E-state index in [2.05, 4.69) is 29.4 Å². The number of rotatable bonds is 5. The molecule has 2 aromatic rings. The third-order valence-electron chi connectivity index (χ3n) is 3.78. The monoisotopic (exact) mass is 307 g/mol. The Morgan fingerprint density at radius 1 is 1.19 bits per heavy atom. The molecule has 0 spiro atoms. The molecule has 5 nitrogen and oxygen atoms in total. The minimum Gasteiger partial charge on any atom is -0.466 e. The second-order valence-electron chi connectivity index (χ2n) is 5.13. The highest BCUT2D eigenvalue weighted by Gasteiger charge is 2.20. The fourth-order valence-electron chi connectivity index (χ4n) is 2.38. The normalized spacial score (nSPS) is 11.1. The van der Waals surface area contributed by atoms with Crippen LogP contribution in [0.15, 0.2) is 4.42 Å². The van der Waals surface area contributed by atoms with E-state index in [0.717, 1.165) is 29.2 Å². The Morgan fingerprint density at radius 2 is 1.86 bits per heavy atom. The molecule has 2 rings (SSSR count). The Bertz CT molecular complexity index is 641. The van der Waals surface area contributed by atoms with E-state index >= 15 is 0 Å². The van der Waals surface area contributed by atoms with Crippen LogP contribution in [-0.2, 0) is 0 Å². The molecule has 0 atom stereocenters. The highest BCUT2D eigenvalue weighted by Crippen LogP contribution is 2.29. The van der Waals surface area contributed by atoms with E-state index in [0.29, 0.717) is 22.4 Å². The van der Waals surface area contributed by atoms with E-state index in [1.807, 2.05) is 13.8 Å². The molecule has 114 valence electrons. The summed E-state index contributed by atoms with van der Waals surface area (Å²) >= 11 is 1.45. The zero-order valence-corrected chi connectivity index (χ0v) is 13.9. The predicted octanol–water partition coefficient (Wildman–Crippen LogP) is 4.21. The van der Waals surface area contributed by atoms with E-state index in [1.165, 1.54) is 11.3 Å². The van der Waals surface area contributed by atoms with E-state index in [1.54, 1.807) is 6.92 Å². The molecule has 0 aliphatic heterocycles. The van der Waals surface area contributed by atoms with Crippen molar-refractivity contribution in [2.45, 2.75) is 53.4 Å². The maximum Gasteiger partial charge on any atom is 0.261 e. The molecule has 0 radical (unpaired) electrons. The molecule has 0 aromatic carbocycles. The molecule has 0 unspecified atom stereocenters. The molecule has 0 saturated carbocycles. The van der Waals surface area contributed by atoms with Gasteiger partial charge in [0.15, 0.2) is 0 Å². The minimum atomic E-state index is -0.186. The number of carbonyl (C=O) groups is 1. The number of hydrogen-bond donors (Lipinski definition) is 1. The van der Waals surface area contributed by atoms with E-state index in [9.17, 15) is 4.79 Å². The SMILES string of the molecule is CCC(CC)c1nnc(NC(=O)c2c(C)oc(C)c2C)s1. The Morgan fingerprint density at radius 3 is 2.38 bits per heavy atom. The van der Waals surface area contributed by atoms with Crippen LogP contribution in [0.3, 0.4) is 0 Å². The molecule has 0 saturated heterocycles. The Balaban J connectivity index is 2.17. The molecular weight excluding hydrogens is 286 g/mol. The van der Waals surface area contributed by atoms with E-state index in [4.69, 9.17) is 4.42 Å². The fourth-order valence-corrected chi connectivity index (χ4v) is 3.38. The van der Waals surface area contributed by atoms with Crippen LogP contribution < -0.4 is 5.32 Å². The zero-order chi connectivity index (χ0) is 15.6. The third kappa shape index (κ3) is 3.15. The van der Waals surface area contributed by atoms with Crippen molar-refractivity contribution >= 4 is 22.4 Å². The fraction of sp³-hybridized carbons (Fsp3) is 0.533. The molecule has 1 amide bonds. The number of nitrogens with one attached hydrogen (secondary N) is 1. The third-order valence-corrected chi connectivity index (χ3v) is 4.79. The number of aryl methyl sites for hydroxylation is 2. The van der Waals surface area contributed by atoms with E-state index in [-0.39, 0.29) is 5.91 Å². The molecule has 0 aliphatic rings. The van der Waals surface area contributed by atoms with Gasteiger partial charge in [0.2, 0.25) is 5.13 Å². The zero-order valence-electron chi connectivity index (χ0n) is 13.1. The van der Waals surface area contributed by atoms with Gasteiger partial charge >= 0.3 is 0 Å². The van der Waals surface area contributed by atoms with Crippen LogP contribution in [0.4, 0.5) is 5.13 Å². The summed E-state index contributed by atoms with van der Waals surface area (Å²) in [5.41, 5.74) is 1.46. The highest BCUT2D eigenvalue weighted by molar-refractivity contribution is 7.15.